The minimum Gasteiger partial charge on any atom is -0.472 e. The van der Waals surface area contributed by atoms with Crippen molar-refractivity contribution in [3.05, 3.63) is 24.2 Å². The van der Waals surface area contributed by atoms with E-state index in [2.05, 4.69) is 6.92 Å². The summed E-state index contributed by atoms with van der Waals surface area (Å²) in [5.74, 6) is -0.303. The second-order valence-electron chi connectivity index (χ2n) is 7.72. The highest BCUT2D eigenvalue weighted by Crippen LogP contribution is 2.62. The van der Waals surface area contributed by atoms with Crippen molar-refractivity contribution in [2.45, 2.75) is 63.3 Å². The van der Waals surface area contributed by atoms with Crippen LogP contribution >= 0.6 is 0 Å². The summed E-state index contributed by atoms with van der Waals surface area (Å²) in [6.07, 6.45) is 6.18. The molecule has 0 amide bonds. The summed E-state index contributed by atoms with van der Waals surface area (Å²) in [6.45, 7) is 2.08. The summed E-state index contributed by atoms with van der Waals surface area (Å²) in [4.78, 5) is 12.9. The third-order valence-corrected chi connectivity index (χ3v) is 6.65. The molecular weight excluding hydrogens is 296 g/mol. The predicted octanol–water partition coefficient (Wildman–Crippen LogP) is 2.58. The number of carbonyl (C=O) groups is 1. The summed E-state index contributed by atoms with van der Waals surface area (Å²) < 4.78 is 10.8. The van der Waals surface area contributed by atoms with Crippen molar-refractivity contribution in [3.63, 3.8) is 0 Å². The maximum Gasteiger partial charge on any atom is 0.313 e. The van der Waals surface area contributed by atoms with E-state index in [0.717, 1.165) is 12.0 Å². The van der Waals surface area contributed by atoms with E-state index in [-0.39, 0.29) is 23.9 Å². The molecule has 126 valence electrons. The van der Waals surface area contributed by atoms with E-state index in [9.17, 15) is 15.0 Å². The molecule has 1 aromatic rings. The van der Waals surface area contributed by atoms with Gasteiger partial charge in [0, 0.05) is 17.9 Å². The van der Waals surface area contributed by atoms with Crippen molar-refractivity contribution >= 4 is 5.97 Å². The molecule has 2 heterocycles. The van der Waals surface area contributed by atoms with Gasteiger partial charge >= 0.3 is 5.97 Å². The topological polar surface area (TPSA) is 79.9 Å². The molecule has 1 spiro atoms. The fraction of sp³-hybridized carbons (Fsp3) is 0.722. The minimum atomic E-state index is -0.851. The van der Waals surface area contributed by atoms with Crippen molar-refractivity contribution < 1.29 is 24.2 Å². The van der Waals surface area contributed by atoms with Gasteiger partial charge in [-0.2, -0.15) is 0 Å². The number of hydrogen-bond donors (Lipinski definition) is 2. The Kier molecular flexibility index (Phi) is 3.36. The zero-order valence-corrected chi connectivity index (χ0v) is 13.4. The van der Waals surface area contributed by atoms with Crippen molar-refractivity contribution in [1.82, 2.24) is 0 Å². The van der Waals surface area contributed by atoms with Crippen LogP contribution in [0, 0.1) is 17.3 Å². The summed E-state index contributed by atoms with van der Waals surface area (Å²) in [5.41, 5.74) is -0.681. The number of cyclic esters (lactones) is 1. The third kappa shape index (κ3) is 2.09. The van der Waals surface area contributed by atoms with Crippen molar-refractivity contribution in [2.75, 3.05) is 0 Å². The van der Waals surface area contributed by atoms with Crippen molar-refractivity contribution in [1.29, 1.82) is 0 Å². The van der Waals surface area contributed by atoms with Gasteiger partial charge in [0.2, 0.25) is 0 Å². The fourth-order valence-electron chi connectivity index (χ4n) is 5.26. The number of carbonyl (C=O) groups excluding carboxylic acids is 1. The minimum absolute atomic E-state index is 0.141. The molecule has 5 nitrogen and oxygen atoms in total. The standard InChI is InChI=1S/C18H24O5/c1-11-2-5-17(21)6-3-13(19)8-15(17)18(11)9-14(23-16(18)20)12-4-7-22-10-12/h4,7,10-11,13-15,19,21H,2-3,5-6,8-9H2,1H3/t11-,13-,14+,15?,17+,18-/m0/s1. The Morgan fingerprint density at radius 1 is 1.30 bits per heavy atom. The molecule has 1 aliphatic heterocycles. The molecule has 0 radical (unpaired) electrons. The maximum atomic E-state index is 12.9. The van der Waals surface area contributed by atoms with Gasteiger partial charge in [-0.25, -0.2) is 0 Å². The molecule has 23 heavy (non-hydrogen) atoms. The maximum absolute atomic E-state index is 12.9. The molecule has 2 aliphatic carbocycles. The Balaban J connectivity index is 1.73. The molecule has 4 rings (SSSR count). The number of esters is 1. The second-order valence-corrected chi connectivity index (χ2v) is 7.72. The van der Waals surface area contributed by atoms with Crippen LogP contribution < -0.4 is 0 Å². The number of aliphatic hydroxyl groups excluding tert-OH is 1. The van der Waals surface area contributed by atoms with Crippen LogP contribution in [0.15, 0.2) is 23.0 Å². The van der Waals surface area contributed by atoms with Gasteiger partial charge in [-0.3, -0.25) is 4.79 Å². The summed E-state index contributed by atoms with van der Waals surface area (Å²) in [5, 5.41) is 21.3. The molecule has 3 fully saturated rings. The first-order valence-electron chi connectivity index (χ1n) is 8.59. The van der Waals surface area contributed by atoms with Crippen LogP contribution in [-0.4, -0.2) is 27.9 Å². The van der Waals surface area contributed by atoms with Gasteiger partial charge in [0.1, 0.15) is 6.10 Å². The highest BCUT2D eigenvalue weighted by Gasteiger charge is 2.65. The van der Waals surface area contributed by atoms with E-state index in [4.69, 9.17) is 9.15 Å². The first-order valence-corrected chi connectivity index (χ1v) is 8.59. The number of furan rings is 1. The van der Waals surface area contributed by atoms with Gasteiger partial charge in [0.25, 0.3) is 0 Å². The van der Waals surface area contributed by atoms with Crippen LogP contribution in [0.2, 0.25) is 0 Å². The van der Waals surface area contributed by atoms with E-state index in [1.54, 1.807) is 12.5 Å². The van der Waals surface area contributed by atoms with E-state index >= 15 is 0 Å². The summed E-state index contributed by atoms with van der Waals surface area (Å²) in [7, 11) is 0. The van der Waals surface area contributed by atoms with Gasteiger partial charge < -0.3 is 19.4 Å². The molecule has 1 saturated heterocycles. The zero-order chi connectivity index (χ0) is 16.2. The van der Waals surface area contributed by atoms with Crippen LogP contribution in [0.4, 0.5) is 0 Å². The monoisotopic (exact) mass is 320 g/mol. The predicted molar refractivity (Wildman–Crippen MR) is 81.3 cm³/mol. The molecule has 2 saturated carbocycles. The van der Waals surface area contributed by atoms with Crippen LogP contribution in [0.5, 0.6) is 0 Å². The van der Waals surface area contributed by atoms with E-state index in [1.165, 1.54) is 0 Å². The number of hydrogen-bond acceptors (Lipinski definition) is 5. The van der Waals surface area contributed by atoms with Crippen LogP contribution in [0.3, 0.4) is 0 Å². The molecule has 1 unspecified atom stereocenters. The van der Waals surface area contributed by atoms with E-state index < -0.39 is 17.1 Å². The van der Waals surface area contributed by atoms with Gasteiger partial charge in [-0.1, -0.05) is 6.92 Å². The lowest BCUT2D eigenvalue weighted by molar-refractivity contribution is -0.188. The molecule has 6 atom stereocenters. The van der Waals surface area contributed by atoms with Gasteiger partial charge in [-0.05, 0) is 44.1 Å². The lowest BCUT2D eigenvalue weighted by Gasteiger charge is -2.55. The molecule has 3 aliphatic rings. The molecular formula is C18H24O5. The smallest absolute Gasteiger partial charge is 0.313 e. The Morgan fingerprint density at radius 2 is 2.09 bits per heavy atom. The molecule has 1 aromatic heterocycles. The molecule has 2 N–H and O–H groups in total. The average Bonchev–Trinajstić information content (AvgIpc) is 3.15. The number of fused-ring (bicyclic) bond motifs is 2. The highest BCUT2D eigenvalue weighted by molar-refractivity contribution is 5.80. The van der Waals surface area contributed by atoms with E-state index in [1.807, 2.05) is 6.07 Å². The Morgan fingerprint density at radius 3 is 2.83 bits per heavy atom. The molecule has 0 bridgehead atoms. The van der Waals surface area contributed by atoms with Crippen LogP contribution in [0.25, 0.3) is 0 Å². The quantitative estimate of drug-likeness (QED) is 0.777. The normalized spacial score (nSPS) is 46.7. The first-order chi connectivity index (χ1) is 11.0. The number of ether oxygens (including phenoxy) is 1. The van der Waals surface area contributed by atoms with E-state index in [0.29, 0.717) is 32.1 Å². The highest BCUT2D eigenvalue weighted by atomic mass is 16.6. The number of aliphatic hydroxyl groups is 2. The third-order valence-electron chi connectivity index (χ3n) is 6.65. The molecule has 0 aromatic carbocycles. The van der Waals surface area contributed by atoms with Gasteiger partial charge in [-0.15, -0.1) is 0 Å². The first kappa shape index (κ1) is 15.2. The lowest BCUT2D eigenvalue weighted by Crippen LogP contribution is -2.59. The van der Waals surface area contributed by atoms with Crippen molar-refractivity contribution in [3.8, 4) is 0 Å². The largest absolute Gasteiger partial charge is 0.472 e. The zero-order valence-electron chi connectivity index (χ0n) is 13.4. The van der Waals surface area contributed by atoms with Gasteiger partial charge in [0.15, 0.2) is 0 Å². The summed E-state index contributed by atoms with van der Waals surface area (Å²) >= 11 is 0. The van der Waals surface area contributed by atoms with Gasteiger partial charge in [0.05, 0.1) is 29.6 Å². The Labute approximate surface area is 135 Å². The number of rotatable bonds is 1. The average molecular weight is 320 g/mol. The fourth-order valence-corrected chi connectivity index (χ4v) is 5.26. The molecule has 5 heteroatoms. The van der Waals surface area contributed by atoms with Crippen LogP contribution in [0.1, 0.15) is 57.1 Å². The van der Waals surface area contributed by atoms with Crippen LogP contribution in [-0.2, 0) is 9.53 Å². The Hall–Kier alpha value is -1.33. The van der Waals surface area contributed by atoms with Crippen molar-refractivity contribution in [2.24, 2.45) is 17.3 Å². The lowest BCUT2D eigenvalue weighted by atomic mass is 9.50. The Bertz CT molecular complexity index is 593. The summed E-state index contributed by atoms with van der Waals surface area (Å²) in [6, 6.07) is 1.83. The second kappa shape index (κ2) is 5.08. The SMILES string of the molecule is C[C@H]1CC[C@@]2(O)CC[C@H](O)CC2[C@]12C[C@H](c1ccoc1)OC2=O.